The van der Waals surface area contributed by atoms with Crippen LogP contribution in [0, 0.1) is 0 Å². The Kier molecular flexibility index (Phi) is 2.82. The summed E-state index contributed by atoms with van der Waals surface area (Å²) in [6, 6.07) is 10.5. The Bertz CT molecular complexity index is 181. The minimum Gasteiger partial charge on any atom is -0.0622 e. The van der Waals surface area contributed by atoms with Crippen LogP contribution >= 0.6 is 0 Å². The van der Waals surface area contributed by atoms with E-state index >= 15 is 0 Å². The zero-order valence-electron chi connectivity index (χ0n) is 6.17. The molecular weight excluding hydrogens is 140 g/mol. The second-order valence-corrected chi connectivity index (χ2v) is 3.07. The number of hydrogen-bond donors (Lipinski definition) is 0. The van der Waals surface area contributed by atoms with E-state index in [1.807, 2.05) is 6.07 Å². The van der Waals surface area contributed by atoms with Crippen molar-refractivity contribution in [2.24, 2.45) is 0 Å². The van der Waals surface area contributed by atoms with Crippen molar-refractivity contribution < 1.29 is 0 Å². The van der Waals surface area contributed by atoms with Crippen LogP contribution in [0.1, 0.15) is 24.2 Å². The molecule has 0 aromatic heterocycles. The Balaban J connectivity index is 2.75. The Labute approximate surface area is 67.7 Å². The third-order valence-electron chi connectivity index (χ3n) is 1.61. The topological polar surface area (TPSA) is 0 Å². The average Bonchev–Trinajstić information content (AvgIpc) is 2.05. The van der Waals surface area contributed by atoms with E-state index < -0.39 is 0 Å². The fourth-order valence-corrected chi connectivity index (χ4v) is 1.11. The van der Waals surface area contributed by atoms with Gasteiger partial charge in [0.2, 0.25) is 0 Å². The highest BCUT2D eigenvalue weighted by molar-refractivity contribution is 7.59. The monoisotopic (exact) mass is 153 g/mol. The highest BCUT2D eigenvalue weighted by Gasteiger charge is 2.06. The van der Waals surface area contributed by atoms with Gasteiger partial charge in [-0.05, 0) is 19.0 Å². The molecule has 0 fully saturated rings. The third kappa shape index (κ3) is 1.77. The predicted octanol–water partition coefficient (Wildman–Crippen LogP) is 2.15. The summed E-state index contributed by atoms with van der Waals surface area (Å²) < 4.78 is 0. The van der Waals surface area contributed by atoms with E-state index in [0.29, 0.717) is 5.25 Å². The van der Waals surface area contributed by atoms with Crippen molar-refractivity contribution in [3.05, 3.63) is 35.9 Å². The van der Waals surface area contributed by atoms with E-state index in [4.69, 9.17) is 0 Å². The number of rotatable bonds is 2. The summed E-state index contributed by atoms with van der Waals surface area (Å²) in [7, 11) is 0. The highest BCUT2D eigenvalue weighted by atomic mass is 32.1. The molecule has 1 aromatic rings. The van der Waals surface area contributed by atoms with Gasteiger partial charge in [0.25, 0.3) is 0 Å². The predicted molar refractivity (Wildman–Crippen MR) is 49.6 cm³/mol. The second kappa shape index (κ2) is 3.67. The van der Waals surface area contributed by atoms with Gasteiger partial charge < -0.3 is 0 Å². The van der Waals surface area contributed by atoms with Gasteiger partial charge in [-0.2, -0.15) is 0 Å². The Morgan fingerprint density at radius 3 is 2.40 bits per heavy atom. The lowest BCUT2D eigenvalue weighted by Gasteiger charge is -2.00. The first kappa shape index (κ1) is 7.67. The first-order valence-electron chi connectivity index (χ1n) is 3.60. The van der Waals surface area contributed by atoms with E-state index in [1.54, 1.807) is 0 Å². The first-order valence-corrected chi connectivity index (χ1v) is 4.18. The van der Waals surface area contributed by atoms with Gasteiger partial charge in [-0.1, -0.05) is 37.3 Å². The summed E-state index contributed by atoms with van der Waals surface area (Å²) in [5, 5.41) is 0.515. The van der Waals surface area contributed by atoms with Crippen LogP contribution in [-0.2, 0) is 12.6 Å². The van der Waals surface area contributed by atoms with E-state index in [-0.39, 0.29) is 0 Å². The van der Waals surface area contributed by atoms with Crippen LogP contribution < -0.4 is 0 Å². The molecule has 1 rings (SSSR count). The van der Waals surface area contributed by atoms with E-state index in [1.165, 1.54) is 5.56 Å². The van der Waals surface area contributed by atoms with Crippen molar-refractivity contribution in [3.8, 4) is 0 Å². The summed E-state index contributed by atoms with van der Waals surface area (Å²) in [6.45, 7) is 2.17. The lowest BCUT2D eigenvalue weighted by atomic mass is 10.1. The SMILES string of the molecule is CCC([SH2+])c1ccccc1. The molecule has 0 bridgehead atoms. The fourth-order valence-electron chi connectivity index (χ4n) is 0.921. The molecule has 0 saturated heterocycles. The van der Waals surface area contributed by atoms with Gasteiger partial charge in [0.1, 0.15) is 5.25 Å². The van der Waals surface area contributed by atoms with Crippen molar-refractivity contribution in [1.82, 2.24) is 0 Å². The molecule has 0 aliphatic carbocycles. The van der Waals surface area contributed by atoms with Crippen LogP contribution in [0.2, 0.25) is 0 Å². The molecule has 0 aliphatic heterocycles. The van der Waals surface area contributed by atoms with Crippen LogP contribution in [0.5, 0.6) is 0 Å². The Morgan fingerprint density at radius 1 is 1.30 bits per heavy atom. The zero-order chi connectivity index (χ0) is 7.40. The summed E-state index contributed by atoms with van der Waals surface area (Å²) in [5.41, 5.74) is 1.36. The van der Waals surface area contributed by atoms with Crippen molar-refractivity contribution in [1.29, 1.82) is 0 Å². The molecule has 54 valence electrons. The smallest absolute Gasteiger partial charge is 0.0622 e. The molecule has 0 radical (unpaired) electrons. The summed E-state index contributed by atoms with van der Waals surface area (Å²) in [6.07, 6.45) is 1.14. The molecule has 0 amide bonds. The first-order chi connectivity index (χ1) is 4.84. The maximum absolute atomic E-state index is 3.63. The minimum atomic E-state index is 0.515. The average molecular weight is 153 g/mol. The van der Waals surface area contributed by atoms with Gasteiger partial charge in [-0.25, -0.2) is 0 Å². The molecule has 0 heterocycles. The molecule has 1 aromatic carbocycles. The minimum absolute atomic E-state index is 0.515. The largest absolute Gasteiger partial charge is 0.138 e. The molecule has 1 atom stereocenters. The molecule has 1 heteroatoms. The molecule has 10 heavy (non-hydrogen) atoms. The van der Waals surface area contributed by atoms with Crippen LogP contribution in [0.3, 0.4) is 0 Å². The van der Waals surface area contributed by atoms with E-state index in [0.717, 1.165) is 6.42 Å². The van der Waals surface area contributed by atoms with Gasteiger partial charge in [-0.3, -0.25) is 0 Å². The van der Waals surface area contributed by atoms with Crippen molar-refractivity contribution >= 4 is 12.6 Å². The zero-order valence-corrected chi connectivity index (χ0v) is 7.17. The van der Waals surface area contributed by atoms with Crippen molar-refractivity contribution in [2.75, 3.05) is 0 Å². The van der Waals surface area contributed by atoms with Gasteiger partial charge in [0, 0.05) is 5.56 Å². The van der Waals surface area contributed by atoms with Crippen molar-refractivity contribution in [2.45, 2.75) is 18.6 Å². The van der Waals surface area contributed by atoms with Crippen LogP contribution in [0.25, 0.3) is 0 Å². The summed E-state index contributed by atoms with van der Waals surface area (Å²) >= 11 is 3.63. The molecular formula is C9H13S+. The van der Waals surface area contributed by atoms with Crippen LogP contribution in [0.4, 0.5) is 0 Å². The summed E-state index contributed by atoms with van der Waals surface area (Å²) in [5.74, 6) is 0. The normalized spacial score (nSPS) is 13.0. The van der Waals surface area contributed by atoms with E-state index in [9.17, 15) is 0 Å². The van der Waals surface area contributed by atoms with Gasteiger partial charge in [-0.15, -0.1) is 0 Å². The highest BCUT2D eigenvalue weighted by Crippen LogP contribution is 2.15. The van der Waals surface area contributed by atoms with Crippen molar-refractivity contribution in [3.63, 3.8) is 0 Å². The number of benzene rings is 1. The fraction of sp³-hybridized carbons (Fsp3) is 0.333. The molecule has 1 unspecified atom stereocenters. The van der Waals surface area contributed by atoms with Crippen LogP contribution in [0.15, 0.2) is 30.3 Å². The lowest BCUT2D eigenvalue weighted by molar-refractivity contribution is 0.901. The van der Waals surface area contributed by atoms with Crippen LogP contribution in [-0.4, -0.2) is 0 Å². The molecule has 0 saturated carbocycles. The quantitative estimate of drug-likeness (QED) is 0.571. The maximum Gasteiger partial charge on any atom is 0.138 e. The van der Waals surface area contributed by atoms with Gasteiger partial charge in [0.05, 0.1) is 0 Å². The second-order valence-electron chi connectivity index (χ2n) is 2.37. The van der Waals surface area contributed by atoms with Gasteiger partial charge in [0.15, 0.2) is 0 Å². The van der Waals surface area contributed by atoms with Gasteiger partial charge >= 0.3 is 0 Å². The number of hydrogen-bond acceptors (Lipinski definition) is 0. The maximum atomic E-state index is 3.63. The molecule has 0 nitrogen and oxygen atoms in total. The Morgan fingerprint density at radius 2 is 1.90 bits per heavy atom. The lowest BCUT2D eigenvalue weighted by Crippen LogP contribution is -1.89. The Hall–Kier alpha value is -0.430. The molecule has 0 N–H and O–H groups in total. The molecule has 0 aliphatic rings. The van der Waals surface area contributed by atoms with E-state index in [2.05, 4.69) is 43.8 Å². The standard InChI is InChI=1S/C9H12S/c1-2-9(10)8-6-4-3-5-7-8/h3-7,9-10H,2H2,1H3/p+1. The molecule has 0 spiro atoms. The third-order valence-corrected chi connectivity index (χ3v) is 2.35. The summed E-state index contributed by atoms with van der Waals surface area (Å²) in [4.78, 5) is 0.